The molecule has 0 saturated heterocycles. The minimum atomic E-state index is 1.02. The summed E-state index contributed by atoms with van der Waals surface area (Å²) in [6.45, 7) is 1.02. The van der Waals surface area contributed by atoms with Crippen molar-refractivity contribution in [2.24, 2.45) is 4.99 Å². The molecule has 2 aliphatic rings. The van der Waals surface area contributed by atoms with Gasteiger partial charge in [-0.3, -0.25) is 4.99 Å². The lowest BCUT2D eigenvalue weighted by atomic mass is 9.93. The molecule has 0 aromatic rings. The van der Waals surface area contributed by atoms with Crippen molar-refractivity contribution in [3.8, 4) is 0 Å². The van der Waals surface area contributed by atoms with Crippen molar-refractivity contribution in [2.45, 2.75) is 96.3 Å². The Kier molecular flexibility index (Phi) is 9.29. The molecule has 1 aliphatic heterocycles. The van der Waals surface area contributed by atoms with E-state index in [1.807, 2.05) is 0 Å². The second kappa shape index (κ2) is 11.7. The van der Waals surface area contributed by atoms with Gasteiger partial charge in [0.25, 0.3) is 0 Å². The first kappa shape index (κ1) is 17.5. The van der Waals surface area contributed by atoms with E-state index in [1.165, 1.54) is 96.3 Å². The summed E-state index contributed by atoms with van der Waals surface area (Å²) in [5.74, 6) is 0. The highest BCUT2D eigenvalue weighted by Gasteiger charge is 2.07. The van der Waals surface area contributed by atoms with Crippen LogP contribution in [0.15, 0.2) is 28.3 Å². The van der Waals surface area contributed by atoms with E-state index in [9.17, 15) is 0 Å². The van der Waals surface area contributed by atoms with Gasteiger partial charge in [0.15, 0.2) is 0 Å². The molecule has 0 radical (unpaired) electrons. The molecular formula is C21H35N. The molecule has 0 amide bonds. The fourth-order valence-corrected chi connectivity index (χ4v) is 3.61. The Labute approximate surface area is 138 Å². The van der Waals surface area contributed by atoms with Crippen molar-refractivity contribution in [3.63, 3.8) is 0 Å². The molecule has 2 rings (SSSR count). The third-order valence-corrected chi connectivity index (χ3v) is 4.99. The van der Waals surface area contributed by atoms with Gasteiger partial charge in [-0.1, -0.05) is 44.3 Å². The lowest BCUT2D eigenvalue weighted by Crippen LogP contribution is -1.94. The molecule has 0 aromatic heterocycles. The van der Waals surface area contributed by atoms with Gasteiger partial charge in [-0.25, -0.2) is 0 Å². The maximum absolute atomic E-state index is 4.56. The smallest absolute Gasteiger partial charge is 0.0388 e. The molecule has 0 saturated carbocycles. The minimum absolute atomic E-state index is 1.02. The molecule has 0 unspecified atom stereocenters. The summed E-state index contributed by atoms with van der Waals surface area (Å²) in [4.78, 5) is 4.56. The molecule has 22 heavy (non-hydrogen) atoms. The first-order valence-electron chi connectivity index (χ1n) is 9.83. The van der Waals surface area contributed by atoms with Crippen LogP contribution < -0.4 is 0 Å². The first-order valence-corrected chi connectivity index (χ1v) is 9.83. The van der Waals surface area contributed by atoms with Gasteiger partial charge < -0.3 is 0 Å². The van der Waals surface area contributed by atoms with Crippen molar-refractivity contribution >= 4 is 6.21 Å². The van der Waals surface area contributed by atoms with Crippen molar-refractivity contribution in [3.05, 3.63) is 23.3 Å². The van der Waals surface area contributed by atoms with Crippen LogP contribution in [-0.2, 0) is 0 Å². The molecule has 0 fully saturated rings. The first-order chi connectivity index (χ1) is 11.0. The summed E-state index contributed by atoms with van der Waals surface area (Å²) < 4.78 is 0. The van der Waals surface area contributed by atoms with Crippen LogP contribution in [0, 0.1) is 0 Å². The van der Waals surface area contributed by atoms with Gasteiger partial charge in [0.2, 0.25) is 0 Å². The Balaban J connectivity index is 1.99. The summed E-state index contributed by atoms with van der Waals surface area (Å²) in [6, 6.07) is 0. The average molecular weight is 302 g/mol. The highest BCUT2D eigenvalue weighted by Crippen LogP contribution is 2.26. The monoisotopic (exact) mass is 301 g/mol. The van der Waals surface area contributed by atoms with Crippen LogP contribution in [-0.4, -0.2) is 12.8 Å². The third kappa shape index (κ3) is 7.42. The largest absolute Gasteiger partial charge is 0.298 e. The summed E-state index contributed by atoms with van der Waals surface area (Å²) in [5.41, 5.74) is 3.35. The van der Waals surface area contributed by atoms with Crippen LogP contribution >= 0.6 is 0 Å². The zero-order valence-electron chi connectivity index (χ0n) is 14.5. The number of nitrogens with zero attached hydrogens (tertiary/aromatic N) is 1. The van der Waals surface area contributed by atoms with Gasteiger partial charge in [-0.15, -0.1) is 0 Å². The lowest BCUT2D eigenvalue weighted by molar-refractivity contribution is 0.587. The summed E-state index contributed by atoms with van der Waals surface area (Å²) in [6.07, 6.45) is 27.4. The zero-order valence-corrected chi connectivity index (χ0v) is 14.5. The topological polar surface area (TPSA) is 12.4 Å². The second-order valence-electron chi connectivity index (χ2n) is 6.95. The fourth-order valence-electron chi connectivity index (χ4n) is 3.61. The maximum atomic E-state index is 4.56. The van der Waals surface area contributed by atoms with Gasteiger partial charge in [0, 0.05) is 6.54 Å². The molecule has 0 N–H and O–H groups in total. The Bertz CT molecular complexity index is 375. The predicted octanol–water partition coefficient (Wildman–Crippen LogP) is 6.79. The van der Waals surface area contributed by atoms with Gasteiger partial charge in [-0.2, -0.15) is 0 Å². The molecule has 1 heteroatoms. The molecule has 0 spiro atoms. The highest BCUT2D eigenvalue weighted by atomic mass is 14.7. The fraction of sp³-hybridized carbons (Fsp3) is 0.762. The van der Waals surface area contributed by atoms with E-state index in [0.717, 1.165) is 6.54 Å². The Morgan fingerprint density at radius 2 is 1.09 bits per heavy atom. The van der Waals surface area contributed by atoms with E-state index < -0.39 is 0 Å². The Morgan fingerprint density at radius 3 is 1.86 bits per heavy atom. The number of rotatable bonds is 1. The van der Waals surface area contributed by atoms with E-state index in [4.69, 9.17) is 0 Å². The van der Waals surface area contributed by atoms with Crippen molar-refractivity contribution < 1.29 is 0 Å². The normalized spacial score (nSPS) is 23.6. The van der Waals surface area contributed by atoms with Crippen LogP contribution in [0.1, 0.15) is 96.3 Å². The Hall–Kier alpha value is -0.850. The SMILES string of the molecule is C1=NCCCC(C2=CCCCCCCCCC2)=CCCCC1. The molecule has 1 aliphatic carbocycles. The molecule has 1 heterocycles. The summed E-state index contributed by atoms with van der Waals surface area (Å²) in [5, 5.41) is 0. The van der Waals surface area contributed by atoms with Crippen LogP contribution in [0.25, 0.3) is 0 Å². The van der Waals surface area contributed by atoms with E-state index in [0.29, 0.717) is 0 Å². The number of aliphatic imine (C=N–C) groups is 1. The standard InChI is InChI=1S/C21H35N/c1-2-4-6-10-15-20(14-9-5-3-1)21-16-11-7-8-12-18-22-19-13-17-21/h14,16,18H,1-13,15,17,19H2. The quantitative estimate of drug-likeness (QED) is 0.505. The van der Waals surface area contributed by atoms with E-state index in [2.05, 4.69) is 23.4 Å². The summed E-state index contributed by atoms with van der Waals surface area (Å²) >= 11 is 0. The van der Waals surface area contributed by atoms with Gasteiger partial charge in [-0.05, 0) is 81.6 Å². The van der Waals surface area contributed by atoms with E-state index in [-0.39, 0.29) is 0 Å². The minimum Gasteiger partial charge on any atom is -0.298 e. The average Bonchev–Trinajstić information content (AvgIpc) is 2.64. The second-order valence-corrected chi connectivity index (χ2v) is 6.95. The van der Waals surface area contributed by atoms with Gasteiger partial charge in [0.05, 0.1) is 0 Å². The van der Waals surface area contributed by atoms with Gasteiger partial charge >= 0.3 is 0 Å². The van der Waals surface area contributed by atoms with Crippen molar-refractivity contribution in [1.29, 1.82) is 0 Å². The van der Waals surface area contributed by atoms with Crippen molar-refractivity contribution in [2.75, 3.05) is 6.54 Å². The van der Waals surface area contributed by atoms with Crippen LogP contribution in [0.5, 0.6) is 0 Å². The zero-order chi connectivity index (χ0) is 15.3. The van der Waals surface area contributed by atoms with Crippen LogP contribution in [0.2, 0.25) is 0 Å². The highest BCUT2D eigenvalue weighted by molar-refractivity contribution is 5.56. The third-order valence-electron chi connectivity index (χ3n) is 4.99. The molecule has 124 valence electrons. The van der Waals surface area contributed by atoms with Crippen LogP contribution in [0.3, 0.4) is 0 Å². The molecule has 0 atom stereocenters. The summed E-state index contributed by atoms with van der Waals surface area (Å²) in [7, 11) is 0. The van der Waals surface area contributed by atoms with E-state index >= 15 is 0 Å². The number of hydrogen-bond acceptors (Lipinski definition) is 1. The lowest BCUT2D eigenvalue weighted by Gasteiger charge is -2.13. The number of allylic oxidation sites excluding steroid dienone is 4. The molecule has 1 nitrogen and oxygen atoms in total. The molecular weight excluding hydrogens is 266 g/mol. The Morgan fingerprint density at radius 1 is 0.545 bits per heavy atom. The number of hydrogen-bond donors (Lipinski definition) is 0. The molecule has 0 bridgehead atoms. The maximum Gasteiger partial charge on any atom is 0.0388 e. The van der Waals surface area contributed by atoms with Crippen molar-refractivity contribution in [1.82, 2.24) is 0 Å². The van der Waals surface area contributed by atoms with Gasteiger partial charge in [0.1, 0.15) is 0 Å². The predicted molar refractivity (Wildman–Crippen MR) is 98.8 cm³/mol. The molecule has 0 aromatic carbocycles. The van der Waals surface area contributed by atoms with E-state index in [1.54, 1.807) is 11.1 Å². The van der Waals surface area contributed by atoms with Crippen LogP contribution in [0.4, 0.5) is 0 Å².